The van der Waals surface area contributed by atoms with Gasteiger partial charge in [-0.25, -0.2) is 0 Å². The molecular formula is C65H89BN2S. The minimum absolute atomic E-state index is 0.0198. The molecule has 7 rings (SSSR count). The zero-order valence-electron chi connectivity index (χ0n) is 46.1. The van der Waals surface area contributed by atoms with Crippen molar-refractivity contribution < 1.29 is 0 Å². The molecule has 0 bridgehead atoms. The standard InChI is InChI=1S/C65H89BN2S/c1-19-22-44(5)29-31-63(13,14)30-21-34-67-56-35-45(6)36-58-60(56)66(55-42-69-59-40-53-52(39-51(55)59)64(15,16)32-33-65(53,17)18)54-38-50(62(10,11)12)27-28-57(54)68(58)41-48(37-46(20-2)43(3)4)47-23-25-49(26-24-47)61(7,8)9/h19-21,23,25,27-28,34,36-44,56,67H,1-2,22,24,26,29-33,35H2,3-18H3/b34-21+,46-37+,48-41-. The second-order valence-electron chi connectivity index (χ2n) is 26.1. The van der Waals surface area contributed by atoms with Gasteiger partial charge in [-0.1, -0.05) is 170 Å². The van der Waals surface area contributed by atoms with E-state index >= 15 is 0 Å². The Morgan fingerprint density at radius 1 is 0.899 bits per heavy atom. The van der Waals surface area contributed by atoms with Crippen molar-refractivity contribution in [2.24, 2.45) is 22.7 Å². The summed E-state index contributed by atoms with van der Waals surface area (Å²) in [7, 11) is 0. The van der Waals surface area contributed by atoms with Gasteiger partial charge in [-0.05, 0) is 195 Å². The van der Waals surface area contributed by atoms with Crippen LogP contribution >= 0.6 is 11.3 Å². The number of fused-ring (bicyclic) bond motifs is 3. The van der Waals surface area contributed by atoms with E-state index in [2.05, 4.69) is 225 Å². The molecule has 0 spiro atoms. The Balaban J connectivity index is 1.48. The van der Waals surface area contributed by atoms with Crippen LogP contribution in [0.2, 0.25) is 0 Å². The Morgan fingerprint density at radius 2 is 1.59 bits per heavy atom. The van der Waals surface area contributed by atoms with Gasteiger partial charge in [0.1, 0.15) is 0 Å². The molecule has 4 heteroatoms. The summed E-state index contributed by atoms with van der Waals surface area (Å²) in [6, 6.07) is 12.8. The second kappa shape index (κ2) is 20.1. The predicted molar refractivity (Wildman–Crippen MR) is 309 cm³/mol. The fourth-order valence-corrected chi connectivity index (χ4v) is 12.5. The lowest BCUT2D eigenvalue weighted by atomic mass is 9.32. The smallest absolute Gasteiger partial charge is 0.246 e. The molecule has 2 unspecified atom stereocenters. The number of allylic oxidation sites excluding steroid dienone is 11. The Kier molecular flexibility index (Phi) is 15.3. The van der Waals surface area contributed by atoms with Crippen molar-refractivity contribution in [1.29, 1.82) is 0 Å². The first-order valence-electron chi connectivity index (χ1n) is 26.6. The van der Waals surface area contributed by atoms with Gasteiger partial charge in [0.05, 0.1) is 0 Å². The fourth-order valence-electron chi connectivity index (χ4n) is 11.5. The molecule has 0 saturated heterocycles. The van der Waals surface area contributed by atoms with E-state index in [1.165, 1.54) is 108 Å². The Hall–Kier alpha value is -4.28. The third kappa shape index (κ3) is 11.4. The maximum Gasteiger partial charge on any atom is 0.246 e. The molecule has 1 aliphatic heterocycles. The largest absolute Gasteiger partial charge is 0.385 e. The van der Waals surface area contributed by atoms with Crippen molar-refractivity contribution >= 4 is 44.7 Å². The molecule has 2 aromatic carbocycles. The zero-order chi connectivity index (χ0) is 50.4. The van der Waals surface area contributed by atoms with Crippen molar-refractivity contribution in [3.8, 4) is 0 Å². The van der Waals surface area contributed by atoms with E-state index in [9.17, 15) is 0 Å². The number of thiophene rings is 1. The van der Waals surface area contributed by atoms with Crippen LogP contribution in [0.3, 0.4) is 0 Å². The third-order valence-corrected chi connectivity index (χ3v) is 17.4. The summed E-state index contributed by atoms with van der Waals surface area (Å²) >= 11 is 1.95. The molecule has 0 fully saturated rings. The summed E-state index contributed by atoms with van der Waals surface area (Å²) in [4.78, 5) is 2.60. The lowest BCUT2D eigenvalue weighted by Crippen LogP contribution is -2.56. The van der Waals surface area contributed by atoms with Crippen LogP contribution in [0.4, 0.5) is 5.69 Å². The molecule has 0 saturated carbocycles. The van der Waals surface area contributed by atoms with Crippen molar-refractivity contribution in [2.75, 3.05) is 4.90 Å². The average Bonchev–Trinajstić information content (AvgIpc) is 3.69. The van der Waals surface area contributed by atoms with Crippen LogP contribution in [0.25, 0.3) is 10.1 Å². The number of nitrogens with one attached hydrogen (secondary N) is 1. The first-order chi connectivity index (χ1) is 32.2. The Labute approximate surface area is 425 Å². The van der Waals surface area contributed by atoms with Gasteiger partial charge in [-0.15, -0.1) is 17.9 Å². The molecule has 0 radical (unpaired) electrons. The first kappa shape index (κ1) is 52.5. The molecule has 2 heterocycles. The SMILES string of the molecule is C=CCC(C)CCC(C)(C)C/C=C/NC1CC(C)=CC2=C1B(c1csc3cc4c(cc13)C(C)(C)CCC4(C)C)c1cc(C(C)(C)C)ccc1N2/C=C(/C=C(\C=C)C(C)C)C1=CC=C(C(C)(C)C)CC1. The number of rotatable bonds is 15. The zero-order valence-corrected chi connectivity index (χ0v) is 46.9. The van der Waals surface area contributed by atoms with Gasteiger partial charge in [0, 0.05) is 28.3 Å². The van der Waals surface area contributed by atoms with Crippen LogP contribution in [0, 0.1) is 22.7 Å². The molecule has 1 N–H and O–H groups in total. The molecule has 69 heavy (non-hydrogen) atoms. The number of benzene rings is 2. The number of nitrogens with zero attached hydrogens (tertiary/aromatic N) is 1. The normalized spacial score (nSPS) is 20.4. The van der Waals surface area contributed by atoms with Crippen LogP contribution in [0.5, 0.6) is 0 Å². The molecule has 4 aliphatic rings. The summed E-state index contributed by atoms with van der Waals surface area (Å²) in [6.45, 7) is 46.6. The van der Waals surface area contributed by atoms with E-state index in [0.717, 1.165) is 32.1 Å². The van der Waals surface area contributed by atoms with Gasteiger partial charge in [0.2, 0.25) is 6.71 Å². The van der Waals surface area contributed by atoms with Crippen LogP contribution in [0.1, 0.15) is 185 Å². The Morgan fingerprint density at radius 3 is 2.20 bits per heavy atom. The van der Waals surface area contributed by atoms with Crippen LogP contribution in [-0.4, -0.2) is 12.8 Å². The van der Waals surface area contributed by atoms with Gasteiger partial charge in [-0.2, -0.15) is 0 Å². The van der Waals surface area contributed by atoms with Crippen molar-refractivity contribution in [3.05, 3.63) is 160 Å². The molecule has 3 aromatic rings. The van der Waals surface area contributed by atoms with Crippen molar-refractivity contribution in [1.82, 2.24) is 5.32 Å². The predicted octanol–water partition coefficient (Wildman–Crippen LogP) is 17.3. The summed E-state index contributed by atoms with van der Waals surface area (Å²) in [5.41, 5.74) is 18.8. The van der Waals surface area contributed by atoms with Gasteiger partial charge in [0.15, 0.2) is 0 Å². The van der Waals surface area contributed by atoms with Crippen molar-refractivity contribution in [3.63, 3.8) is 0 Å². The monoisotopic (exact) mass is 941 g/mol. The number of anilines is 1. The van der Waals surface area contributed by atoms with Gasteiger partial charge < -0.3 is 10.2 Å². The molecule has 2 atom stereocenters. The fraction of sp³-hybridized carbons (Fsp3) is 0.508. The minimum Gasteiger partial charge on any atom is -0.385 e. The maximum atomic E-state index is 4.33. The molecular weight excluding hydrogens is 852 g/mol. The lowest BCUT2D eigenvalue weighted by Gasteiger charge is -2.43. The maximum absolute atomic E-state index is 4.33. The molecule has 0 amide bonds. The third-order valence-electron chi connectivity index (χ3n) is 16.4. The highest BCUT2D eigenvalue weighted by Gasteiger charge is 2.44. The lowest BCUT2D eigenvalue weighted by molar-refractivity contribution is 0.302. The summed E-state index contributed by atoms with van der Waals surface area (Å²) in [5, 5.41) is 8.10. The molecule has 368 valence electrons. The summed E-state index contributed by atoms with van der Waals surface area (Å²) < 4.78 is 1.41. The highest BCUT2D eigenvalue weighted by Crippen LogP contribution is 2.48. The van der Waals surface area contributed by atoms with Gasteiger partial charge >= 0.3 is 0 Å². The highest BCUT2D eigenvalue weighted by atomic mass is 32.1. The van der Waals surface area contributed by atoms with Crippen LogP contribution < -0.4 is 21.1 Å². The minimum atomic E-state index is -0.0198. The highest BCUT2D eigenvalue weighted by molar-refractivity contribution is 7.19. The van der Waals surface area contributed by atoms with Crippen LogP contribution in [0.15, 0.2) is 143 Å². The van der Waals surface area contributed by atoms with Gasteiger partial charge in [-0.3, -0.25) is 0 Å². The van der Waals surface area contributed by atoms with Gasteiger partial charge in [0.25, 0.3) is 0 Å². The number of hydrogen-bond acceptors (Lipinski definition) is 3. The van der Waals surface area contributed by atoms with Crippen LogP contribution in [-0.2, 0) is 16.2 Å². The second-order valence-corrected chi connectivity index (χ2v) is 27.0. The van der Waals surface area contributed by atoms with E-state index in [1.54, 1.807) is 0 Å². The summed E-state index contributed by atoms with van der Waals surface area (Å²) in [6.07, 6.45) is 31.2. The molecule has 1 aromatic heterocycles. The molecule has 2 nitrogen and oxygen atoms in total. The number of hydrogen-bond donors (Lipinski definition) is 1. The first-order valence-corrected chi connectivity index (χ1v) is 27.5. The van der Waals surface area contributed by atoms with E-state index < -0.39 is 0 Å². The van der Waals surface area contributed by atoms with E-state index in [-0.39, 0.29) is 39.8 Å². The van der Waals surface area contributed by atoms with E-state index in [0.29, 0.717) is 11.8 Å². The quantitative estimate of drug-likeness (QED) is 0.0928. The van der Waals surface area contributed by atoms with Crippen molar-refractivity contribution in [2.45, 2.75) is 191 Å². The topological polar surface area (TPSA) is 15.3 Å². The van der Waals surface area contributed by atoms with E-state index in [1.807, 2.05) is 11.3 Å². The van der Waals surface area contributed by atoms with E-state index in [4.69, 9.17) is 0 Å². The molecule has 3 aliphatic carbocycles. The average molecular weight is 941 g/mol. The summed E-state index contributed by atoms with van der Waals surface area (Å²) in [5.74, 6) is 1.02. The Bertz CT molecular complexity index is 2660.